The standard InChI is InChI=1S/C14H14BrClN2OS/c1-2-18(8-10-4-6-13(15)20-10)14(19)11-7-9(16)3-5-12(11)17/h3-7H,2,8,17H2,1H3. The van der Waals surface area contributed by atoms with Crippen LogP contribution in [0.25, 0.3) is 0 Å². The molecule has 2 N–H and O–H groups in total. The molecular weight excluding hydrogens is 360 g/mol. The van der Waals surface area contributed by atoms with Crippen LogP contribution >= 0.6 is 38.9 Å². The Bertz CT molecular complexity index is 629. The summed E-state index contributed by atoms with van der Waals surface area (Å²) in [7, 11) is 0. The van der Waals surface area contributed by atoms with Gasteiger partial charge < -0.3 is 10.6 Å². The van der Waals surface area contributed by atoms with Gasteiger partial charge in [-0.3, -0.25) is 4.79 Å². The molecule has 6 heteroatoms. The van der Waals surface area contributed by atoms with E-state index in [0.29, 0.717) is 29.4 Å². The third-order valence-electron chi connectivity index (χ3n) is 2.89. The number of nitrogen functional groups attached to an aromatic ring is 1. The number of halogens is 2. The molecule has 0 saturated heterocycles. The van der Waals surface area contributed by atoms with E-state index in [2.05, 4.69) is 15.9 Å². The van der Waals surface area contributed by atoms with E-state index >= 15 is 0 Å². The minimum Gasteiger partial charge on any atom is -0.398 e. The number of hydrogen-bond acceptors (Lipinski definition) is 3. The molecule has 0 bridgehead atoms. The van der Waals surface area contributed by atoms with Crippen molar-refractivity contribution < 1.29 is 4.79 Å². The second-order valence-electron chi connectivity index (χ2n) is 4.26. The van der Waals surface area contributed by atoms with Gasteiger partial charge in [0.25, 0.3) is 5.91 Å². The Morgan fingerprint density at radius 1 is 1.40 bits per heavy atom. The van der Waals surface area contributed by atoms with Gasteiger partial charge in [-0.15, -0.1) is 11.3 Å². The molecule has 0 atom stereocenters. The Balaban J connectivity index is 2.22. The van der Waals surface area contributed by atoms with Gasteiger partial charge >= 0.3 is 0 Å². The van der Waals surface area contributed by atoms with Gasteiger partial charge in [0.1, 0.15) is 0 Å². The number of nitrogens with zero attached hydrogens (tertiary/aromatic N) is 1. The van der Waals surface area contributed by atoms with Gasteiger partial charge in [-0.25, -0.2) is 0 Å². The van der Waals surface area contributed by atoms with Crippen LogP contribution in [0, 0.1) is 0 Å². The van der Waals surface area contributed by atoms with Crippen molar-refractivity contribution in [2.75, 3.05) is 12.3 Å². The van der Waals surface area contributed by atoms with Crippen molar-refractivity contribution in [3.8, 4) is 0 Å². The summed E-state index contributed by atoms with van der Waals surface area (Å²) < 4.78 is 1.05. The minimum absolute atomic E-state index is 0.1000. The molecule has 3 nitrogen and oxygen atoms in total. The van der Waals surface area contributed by atoms with Gasteiger partial charge in [-0.1, -0.05) is 11.6 Å². The Morgan fingerprint density at radius 2 is 2.15 bits per heavy atom. The number of rotatable bonds is 4. The van der Waals surface area contributed by atoms with Crippen LogP contribution in [0.1, 0.15) is 22.2 Å². The van der Waals surface area contributed by atoms with Gasteiger partial charge in [0.15, 0.2) is 0 Å². The Hall–Kier alpha value is -1.04. The third-order valence-corrected chi connectivity index (χ3v) is 4.73. The summed E-state index contributed by atoms with van der Waals surface area (Å²) in [6, 6.07) is 8.94. The number of hydrogen-bond donors (Lipinski definition) is 1. The topological polar surface area (TPSA) is 46.3 Å². The fourth-order valence-electron chi connectivity index (χ4n) is 1.84. The van der Waals surface area contributed by atoms with Crippen molar-refractivity contribution in [3.63, 3.8) is 0 Å². The predicted octanol–water partition coefficient (Wildman–Crippen LogP) is 4.41. The lowest BCUT2D eigenvalue weighted by Crippen LogP contribution is -2.30. The molecule has 1 heterocycles. The van der Waals surface area contributed by atoms with Crippen molar-refractivity contribution >= 4 is 50.5 Å². The summed E-state index contributed by atoms with van der Waals surface area (Å²) in [6.45, 7) is 3.12. The van der Waals surface area contributed by atoms with E-state index < -0.39 is 0 Å². The van der Waals surface area contributed by atoms with Crippen LogP contribution in [-0.2, 0) is 6.54 Å². The fraction of sp³-hybridized carbons (Fsp3) is 0.214. The maximum atomic E-state index is 12.5. The van der Waals surface area contributed by atoms with Crippen LogP contribution in [0.2, 0.25) is 5.02 Å². The van der Waals surface area contributed by atoms with Crippen molar-refractivity contribution in [2.24, 2.45) is 0 Å². The molecule has 0 fully saturated rings. The number of thiophene rings is 1. The molecule has 2 rings (SSSR count). The normalized spacial score (nSPS) is 10.6. The van der Waals surface area contributed by atoms with Crippen molar-refractivity contribution in [2.45, 2.75) is 13.5 Å². The average molecular weight is 374 g/mol. The molecule has 0 aliphatic carbocycles. The highest BCUT2D eigenvalue weighted by Gasteiger charge is 2.18. The SMILES string of the molecule is CCN(Cc1ccc(Br)s1)C(=O)c1cc(Cl)ccc1N. The van der Waals surface area contributed by atoms with Crippen LogP contribution in [0.4, 0.5) is 5.69 Å². The summed E-state index contributed by atoms with van der Waals surface area (Å²) in [5, 5.41) is 0.512. The smallest absolute Gasteiger partial charge is 0.256 e. The van der Waals surface area contributed by atoms with Gasteiger partial charge in [0.05, 0.1) is 15.9 Å². The molecule has 0 unspecified atom stereocenters. The van der Waals surface area contributed by atoms with Crippen LogP contribution in [0.3, 0.4) is 0 Å². The second kappa shape index (κ2) is 6.61. The Labute approximate surface area is 135 Å². The first-order valence-electron chi connectivity index (χ1n) is 6.09. The van der Waals surface area contributed by atoms with Gasteiger partial charge in [-0.05, 0) is 53.2 Å². The highest BCUT2D eigenvalue weighted by atomic mass is 79.9. The van der Waals surface area contributed by atoms with Crippen molar-refractivity contribution in [3.05, 3.63) is 49.6 Å². The van der Waals surface area contributed by atoms with Crippen molar-refractivity contribution in [1.82, 2.24) is 4.90 Å². The molecule has 0 radical (unpaired) electrons. The maximum Gasteiger partial charge on any atom is 0.256 e. The highest BCUT2D eigenvalue weighted by molar-refractivity contribution is 9.11. The summed E-state index contributed by atoms with van der Waals surface area (Å²) in [5.41, 5.74) is 6.77. The zero-order valence-corrected chi connectivity index (χ0v) is 14.1. The van der Waals surface area contributed by atoms with E-state index in [0.717, 1.165) is 8.66 Å². The maximum absolute atomic E-state index is 12.5. The summed E-state index contributed by atoms with van der Waals surface area (Å²) in [4.78, 5) is 15.4. The Morgan fingerprint density at radius 3 is 2.75 bits per heavy atom. The zero-order chi connectivity index (χ0) is 14.7. The van der Waals surface area contributed by atoms with Crippen LogP contribution in [0.5, 0.6) is 0 Å². The molecule has 1 aromatic heterocycles. The van der Waals surface area contributed by atoms with Gasteiger partial charge in [0, 0.05) is 22.1 Å². The second-order valence-corrected chi connectivity index (χ2v) is 7.24. The lowest BCUT2D eigenvalue weighted by molar-refractivity contribution is 0.0755. The molecule has 1 aromatic carbocycles. The van der Waals surface area contributed by atoms with Crippen LogP contribution < -0.4 is 5.73 Å². The zero-order valence-electron chi connectivity index (χ0n) is 10.9. The highest BCUT2D eigenvalue weighted by Crippen LogP contribution is 2.25. The quantitative estimate of drug-likeness (QED) is 0.807. The molecule has 1 amide bonds. The molecule has 0 saturated carbocycles. The monoisotopic (exact) mass is 372 g/mol. The molecule has 0 aliphatic rings. The number of nitrogens with two attached hydrogens (primary N) is 1. The van der Waals surface area contributed by atoms with E-state index in [-0.39, 0.29) is 5.91 Å². The van der Waals surface area contributed by atoms with Gasteiger partial charge in [-0.2, -0.15) is 0 Å². The minimum atomic E-state index is -0.1000. The van der Waals surface area contributed by atoms with E-state index in [1.807, 2.05) is 19.1 Å². The van der Waals surface area contributed by atoms with E-state index in [1.165, 1.54) is 0 Å². The first-order valence-corrected chi connectivity index (χ1v) is 8.08. The summed E-state index contributed by atoms with van der Waals surface area (Å²) in [6.07, 6.45) is 0. The van der Waals surface area contributed by atoms with Crippen LogP contribution in [0.15, 0.2) is 34.1 Å². The van der Waals surface area contributed by atoms with Crippen molar-refractivity contribution in [1.29, 1.82) is 0 Å². The number of carbonyl (C=O) groups excluding carboxylic acids is 1. The Kier molecular flexibility index (Phi) is 5.07. The summed E-state index contributed by atoms with van der Waals surface area (Å²) >= 11 is 11.0. The number of benzene rings is 1. The fourth-order valence-corrected chi connectivity index (χ4v) is 3.51. The molecule has 0 aliphatic heterocycles. The lowest BCUT2D eigenvalue weighted by Gasteiger charge is -2.21. The molecule has 0 spiro atoms. The predicted molar refractivity (Wildman–Crippen MR) is 88.3 cm³/mol. The number of carbonyl (C=O) groups is 1. The van der Waals surface area contributed by atoms with E-state index in [1.54, 1.807) is 34.4 Å². The molecule has 106 valence electrons. The molecule has 20 heavy (non-hydrogen) atoms. The van der Waals surface area contributed by atoms with E-state index in [9.17, 15) is 4.79 Å². The molecule has 2 aromatic rings. The number of anilines is 1. The van der Waals surface area contributed by atoms with Crippen LogP contribution in [-0.4, -0.2) is 17.4 Å². The first kappa shape index (κ1) is 15.4. The van der Waals surface area contributed by atoms with E-state index in [4.69, 9.17) is 17.3 Å². The lowest BCUT2D eigenvalue weighted by atomic mass is 10.1. The average Bonchev–Trinajstić information content (AvgIpc) is 2.83. The first-order chi connectivity index (χ1) is 9.51. The number of amides is 1. The van der Waals surface area contributed by atoms with Gasteiger partial charge in [0.2, 0.25) is 0 Å². The molecular formula is C14H14BrClN2OS. The third kappa shape index (κ3) is 3.53. The largest absolute Gasteiger partial charge is 0.398 e. The summed E-state index contributed by atoms with van der Waals surface area (Å²) in [5.74, 6) is -0.1000.